The van der Waals surface area contributed by atoms with Crippen LogP contribution in [0.3, 0.4) is 0 Å². The van der Waals surface area contributed by atoms with Crippen molar-refractivity contribution < 1.29 is 23.7 Å². The Labute approximate surface area is 198 Å². The molecule has 6 nitrogen and oxygen atoms in total. The third kappa shape index (κ3) is 6.25. The molecule has 1 heterocycles. The molecule has 0 atom stereocenters. The molecule has 0 radical (unpaired) electrons. The standard InChI is InChI=1S/C24H27NO5S2/c1-16-5-7-19(13-17(16)2)29-11-9-28-10-12-30-20-8-6-18(14-21(20)27-4)15-22-23(26)25(3)24(31)32-22/h5-8,13-15H,9-12H2,1-4H3/b22-15+. The molecule has 0 bridgehead atoms. The average molecular weight is 474 g/mol. The van der Waals surface area contributed by atoms with Crippen molar-refractivity contribution in [3.63, 3.8) is 0 Å². The number of hydrogen-bond donors (Lipinski definition) is 0. The SMILES string of the molecule is COc1cc(/C=C2/SC(=S)N(C)C2=O)ccc1OCCOCCOc1ccc(C)c(C)c1. The highest BCUT2D eigenvalue weighted by Gasteiger charge is 2.28. The topological polar surface area (TPSA) is 57.2 Å². The number of ether oxygens (including phenoxy) is 4. The van der Waals surface area contributed by atoms with Crippen molar-refractivity contribution in [2.45, 2.75) is 13.8 Å². The zero-order valence-corrected chi connectivity index (χ0v) is 20.3. The Hall–Kier alpha value is -2.55. The summed E-state index contributed by atoms with van der Waals surface area (Å²) >= 11 is 6.45. The Morgan fingerprint density at radius 3 is 2.38 bits per heavy atom. The predicted octanol–water partition coefficient (Wildman–Crippen LogP) is 4.62. The molecule has 0 saturated carbocycles. The zero-order chi connectivity index (χ0) is 23.1. The number of rotatable bonds is 10. The van der Waals surface area contributed by atoms with Gasteiger partial charge in [-0.3, -0.25) is 9.69 Å². The smallest absolute Gasteiger partial charge is 0.265 e. The van der Waals surface area contributed by atoms with E-state index >= 15 is 0 Å². The lowest BCUT2D eigenvalue weighted by Gasteiger charge is -2.12. The van der Waals surface area contributed by atoms with Gasteiger partial charge in [0.25, 0.3) is 5.91 Å². The Balaban J connectivity index is 1.43. The third-order valence-corrected chi connectivity index (χ3v) is 6.42. The van der Waals surface area contributed by atoms with Gasteiger partial charge in [-0.1, -0.05) is 36.1 Å². The normalized spacial score (nSPS) is 14.9. The molecule has 32 heavy (non-hydrogen) atoms. The molecular weight excluding hydrogens is 446 g/mol. The van der Waals surface area contributed by atoms with Gasteiger partial charge >= 0.3 is 0 Å². The predicted molar refractivity (Wildman–Crippen MR) is 132 cm³/mol. The summed E-state index contributed by atoms with van der Waals surface area (Å²) < 4.78 is 23.1. The number of carbonyl (C=O) groups excluding carboxylic acids is 1. The minimum Gasteiger partial charge on any atom is -0.493 e. The van der Waals surface area contributed by atoms with E-state index in [0.29, 0.717) is 47.2 Å². The fourth-order valence-electron chi connectivity index (χ4n) is 2.92. The van der Waals surface area contributed by atoms with Gasteiger partial charge in [0.15, 0.2) is 11.5 Å². The number of hydrogen-bond acceptors (Lipinski definition) is 7. The fourth-order valence-corrected chi connectivity index (χ4v) is 4.10. The van der Waals surface area contributed by atoms with E-state index in [0.717, 1.165) is 11.3 Å². The van der Waals surface area contributed by atoms with Crippen molar-refractivity contribution >= 4 is 40.3 Å². The van der Waals surface area contributed by atoms with E-state index in [4.69, 9.17) is 31.2 Å². The molecule has 2 aromatic rings. The van der Waals surface area contributed by atoms with Gasteiger partial charge in [-0.15, -0.1) is 0 Å². The maximum Gasteiger partial charge on any atom is 0.265 e. The summed E-state index contributed by atoms with van der Waals surface area (Å²) in [5.41, 5.74) is 3.29. The van der Waals surface area contributed by atoms with Gasteiger partial charge in [0, 0.05) is 7.05 Å². The summed E-state index contributed by atoms with van der Waals surface area (Å²) in [4.78, 5) is 14.2. The van der Waals surface area contributed by atoms with E-state index in [1.54, 1.807) is 20.2 Å². The third-order valence-electron chi connectivity index (χ3n) is 4.93. The lowest BCUT2D eigenvalue weighted by Crippen LogP contribution is -2.22. The first kappa shape index (κ1) is 24.1. The van der Waals surface area contributed by atoms with E-state index in [1.165, 1.54) is 27.8 Å². The second-order valence-corrected chi connectivity index (χ2v) is 8.88. The lowest BCUT2D eigenvalue weighted by molar-refractivity contribution is -0.121. The van der Waals surface area contributed by atoms with Crippen molar-refractivity contribution in [3.8, 4) is 17.2 Å². The first-order chi connectivity index (χ1) is 15.4. The van der Waals surface area contributed by atoms with Gasteiger partial charge < -0.3 is 18.9 Å². The highest BCUT2D eigenvalue weighted by molar-refractivity contribution is 8.26. The van der Waals surface area contributed by atoms with Gasteiger partial charge in [0.05, 0.1) is 25.2 Å². The second kappa shape index (κ2) is 11.4. The molecule has 8 heteroatoms. The van der Waals surface area contributed by atoms with Crippen LogP contribution >= 0.6 is 24.0 Å². The lowest BCUT2D eigenvalue weighted by atomic mass is 10.1. The van der Waals surface area contributed by atoms with Gasteiger partial charge in [0.1, 0.15) is 23.3 Å². The van der Waals surface area contributed by atoms with E-state index in [-0.39, 0.29) is 5.91 Å². The van der Waals surface area contributed by atoms with Crippen LogP contribution in [0.5, 0.6) is 17.2 Å². The van der Waals surface area contributed by atoms with Crippen molar-refractivity contribution in [2.24, 2.45) is 0 Å². The fraction of sp³-hybridized carbons (Fsp3) is 0.333. The van der Waals surface area contributed by atoms with Crippen LogP contribution in [0.4, 0.5) is 0 Å². The Morgan fingerprint density at radius 2 is 1.72 bits per heavy atom. The summed E-state index contributed by atoms with van der Waals surface area (Å²) in [7, 11) is 3.26. The summed E-state index contributed by atoms with van der Waals surface area (Å²) in [5, 5.41) is 0. The molecule has 1 saturated heterocycles. The van der Waals surface area contributed by atoms with Crippen LogP contribution in [-0.2, 0) is 9.53 Å². The number of thiocarbonyl (C=S) groups is 1. The zero-order valence-electron chi connectivity index (χ0n) is 18.7. The highest BCUT2D eigenvalue weighted by Crippen LogP contribution is 2.34. The van der Waals surface area contributed by atoms with Crippen LogP contribution in [0.1, 0.15) is 16.7 Å². The first-order valence-corrected chi connectivity index (χ1v) is 11.4. The molecule has 0 spiro atoms. The van der Waals surface area contributed by atoms with E-state index in [2.05, 4.69) is 13.8 Å². The van der Waals surface area contributed by atoms with Gasteiger partial charge in [0.2, 0.25) is 0 Å². The van der Waals surface area contributed by atoms with Crippen molar-refractivity contribution in [2.75, 3.05) is 40.6 Å². The minimum atomic E-state index is -0.0991. The van der Waals surface area contributed by atoms with Crippen LogP contribution < -0.4 is 14.2 Å². The molecule has 0 unspecified atom stereocenters. The minimum absolute atomic E-state index is 0.0991. The second-order valence-electron chi connectivity index (χ2n) is 7.21. The molecule has 1 fully saturated rings. The number of likely N-dealkylation sites (N-methyl/N-ethyl adjacent to an activating group) is 1. The van der Waals surface area contributed by atoms with Crippen LogP contribution in [0, 0.1) is 13.8 Å². The van der Waals surface area contributed by atoms with E-state index in [9.17, 15) is 4.79 Å². The monoisotopic (exact) mass is 473 g/mol. The molecular formula is C24H27NO5S2. The maximum atomic E-state index is 12.2. The van der Waals surface area contributed by atoms with Crippen LogP contribution in [0.2, 0.25) is 0 Å². The van der Waals surface area contributed by atoms with E-state index in [1.807, 2.05) is 36.4 Å². The molecule has 1 aliphatic heterocycles. The van der Waals surface area contributed by atoms with Crippen molar-refractivity contribution in [1.29, 1.82) is 0 Å². The number of amides is 1. The largest absolute Gasteiger partial charge is 0.493 e. The molecule has 1 amide bonds. The maximum absolute atomic E-state index is 12.2. The number of aryl methyl sites for hydroxylation is 2. The number of thioether (sulfide) groups is 1. The van der Waals surface area contributed by atoms with Gasteiger partial charge in [-0.25, -0.2) is 0 Å². The molecule has 0 aromatic heterocycles. The van der Waals surface area contributed by atoms with Crippen molar-refractivity contribution in [3.05, 3.63) is 58.0 Å². The summed E-state index contributed by atoms with van der Waals surface area (Å²) in [6, 6.07) is 11.6. The molecule has 1 aliphatic rings. The van der Waals surface area contributed by atoms with Crippen molar-refractivity contribution in [1.82, 2.24) is 4.90 Å². The number of methoxy groups -OCH3 is 1. The Morgan fingerprint density at radius 1 is 0.969 bits per heavy atom. The molecule has 3 rings (SSSR count). The van der Waals surface area contributed by atoms with Crippen LogP contribution in [-0.4, -0.2) is 55.7 Å². The number of benzene rings is 2. The molecule has 0 aliphatic carbocycles. The molecule has 170 valence electrons. The van der Waals surface area contributed by atoms with Crippen LogP contribution in [0.15, 0.2) is 41.3 Å². The molecule has 0 N–H and O–H groups in total. The van der Waals surface area contributed by atoms with Gasteiger partial charge in [-0.2, -0.15) is 0 Å². The quantitative estimate of drug-likeness (QED) is 0.284. The van der Waals surface area contributed by atoms with Crippen LogP contribution in [0.25, 0.3) is 6.08 Å². The summed E-state index contributed by atoms with van der Waals surface area (Å²) in [6.45, 7) is 5.90. The molecule has 2 aromatic carbocycles. The highest BCUT2D eigenvalue weighted by atomic mass is 32.2. The Kier molecular flexibility index (Phi) is 8.55. The summed E-state index contributed by atoms with van der Waals surface area (Å²) in [5.74, 6) is 1.95. The Bertz CT molecular complexity index is 1020. The summed E-state index contributed by atoms with van der Waals surface area (Å²) in [6.07, 6.45) is 1.80. The average Bonchev–Trinajstić information content (AvgIpc) is 3.02. The van der Waals surface area contributed by atoms with Gasteiger partial charge in [-0.05, 0) is 60.9 Å². The number of carbonyl (C=O) groups is 1. The van der Waals surface area contributed by atoms with E-state index < -0.39 is 0 Å². The first-order valence-electron chi connectivity index (χ1n) is 10.2. The number of nitrogens with zero attached hydrogens (tertiary/aromatic N) is 1.